The van der Waals surface area contributed by atoms with Gasteiger partial charge in [0.15, 0.2) is 0 Å². The topological polar surface area (TPSA) is 27.7 Å². The van der Waals surface area contributed by atoms with Gasteiger partial charge in [-0.3, -0.25) is 0 Å². The van der Waals surface area contributed by atoms with Crippen LogP contribution in [0.15, 0.2) is 0 Å². The van der Waals surface area contributed by atoms with E-state index in [9.17, 15) is 0 Å². The molecule has 0 bridgehead atoms. The van der Waals surface area contributed by atoms with Crippen LogP contribution in [0.5, 0.6) is 0 Å². The van der Waals surface area contributed by atoms with Gasteiger partial charge in [-0.1, -0.05) is 0 Å². The average Bonchev–Trinajstić information content (AvgIpc) is 1.90. The number of hydrogen-bond acceptors (Lipinski definition) is 3. The molecule has 0 unspecified atom stereocenters. The molecule has 0 aliphatic carbocycles. The first-order chi connectivity index (χ1) is 4.85. The van der Waals surface area contributed by atoms with Crippen molar-refractivity contribution in [1.29, 1.82) is 0 Å². The molecule has 0 saturated heterocycles. The van der Waals surface area contributed by atoms with E-state index in [2.05, 4.69) is 0 Å². The summed E-state index contributed by atoms with van der Waals surface area (Å²) in [5.41, 5.74) is 0. The van der Waals surface area contributed by atoms with Crippen molar-refractivity contribution in [3.05, 3.63) is 0 Å². The van der Waals surface area contributed by atoms with E-state index in [0.29, 0.717) is 19.8 Å². The zero-order chi connectivity index (χ0) is 7.82. The molecule has 0 rings (SSSR count). The predicted molar refractivity (Wildman–Crippen MR) is 47.8 cm³/mol. The normalized spacial score (nSPS) is 9.00. The standard InChI is InChI=1S/C6H15BO3.Na.H/c1-4-8-7(9-5-2)10-6-3;;/h4-6H2,1-3H3;;. The second kappa shape index (κ2) is 10.9. The first kappa shape index (κ1) is 14.5. The Bertz CT molecular complexity index is 60.6. The Morgan fingerprint density at radius 1 is 0.818 bits per heavy atom. The van der Waals surface area contributed by atoms with Gasteiger partial charge in [-0.2, -0.15) is 0 Å². The van der Waals surface area contributed by atoms with Crippen molar-refractivity contribution < 1.29 is 14.0 Å². The van der Waals surface area contributed by atoms with E-state index in [0.717, 1.165) is 0 Å². The van der Waals surface area contributed by atoms with Crippen LogP contribution in [0.3, 0.4) is 0 Å². The van der Waals surface area contributed by atoms with Crippen LogP contribution in [-0.4, -0.2) is 56.7 Å². The third-order valence-corrected chi connectivity index (χ3v) is 0.908. The third kappa shape index (κ3) is 8.85. The summed E-state index contributed by atoms with van der Waals surface area (Å²) in [6.45, 7) is 7.57. The maximum absolute atomic E-state index is 5.08. The van der Waals surface area contributed by atoms with E-state index in [-0.39, 0.29) is 29.6 Å². The monoisotopic (exact) mass is 170 g/mol. The van der Waals surface area contributed by atoms with E-state index in [4.69, 9.17) is 14.0 Å². The first-order valence-electron chi connectivity index (χ1n) is 3.69. The molecule has 0 aromatic heterocycles. The fourth-order valence-corrected chi connectivity index (χ4v) is 0.553. The molecule has 0 fully saturated rings. The van der Waals surface area contributed by atoms with Crippen molar-refractivity contribution in [3.63, 3.8) is 0 Å². The molecular formula is C6H16BNaO3. The Morgan fingerprint density at radius 3 is 1.27 bits per heavy atom. The molecule has 5 heteroatoms. The molecular weight excluding hydrogens is 154 g/mol. The summed E-state index contributed by atoms with van der Waals surface area (Å²) >= 11 is 0. The summed E-state index contributed by atoms with van der Waals surface area (Å²) in [6, 6.07) is 0. The van der Waals surface area contributed by atoms with Crippen molar-refractivity contribution in [2.45, 2.75) is 20.8 Å². The first-order valence-corrected chi connectivity index (χ1v) is 3.69. The Labute approximate surface area is 91.2 Å². The van der Waals surface area contributed by atoms with E-state index in [1.54, 1.807) is 0 Å². The molecule has 0 radical (unpaired) electrons. The second-order valence-corrected chi connectivity index (χ2v) is 1.65. The fraction of sp³-hybridized carbons (Fsp3) is 1.00. The summed E-state index contributed by atoms with van der Waals surface area (Å²) in [5, 5.41) is 0. The molecule has 0 aromatic rings. The third-order valence-electron chi connectivity index (χ3n) is 0.908. The van der Waals surface area contributed by atoms with Gasteiger partial charge in [-0.05, 0) is 20.8 Å². The predicted octanol–water partition coefficient (Wildman–Crippen LogP) is 0.432. The van der Waals surface area contributed by atoms with Gasteiger partial charge in [0, 0.05) is 19.8 Å². The van der Waals surface area contributed by atoms with Gasteiger partial charge in [-0.25, -0.2) is 0 Å². The molecule has 11 heavy (non-hydrogen) atoms. The van der Waals surface area contributed by atoms with Gasteiger partial charge in [0.25, 0.3) is 0 Å². The average molecular weight is 170 g/mol. The van der Waals surface area contributed by atoms with E-state index >= 15 is 0 Å². The summed E-state index contributed by atoms with van der Waals surface area (Å²) < 4.78 is 15.2. The maximum atomic E-state index is 5.08. The van der Waals surface area contributed by atoms with Crippen LogP contribution in [0.1, 0.15) is 20.8 Å². The van der Waals surface area contributed by atoms with Crippen molar-refractivity contribution in [1.82, 2.24) is 0 Å². The van der Waals surface area contributed by atoms with Crippen LogP contribution in [0, 0.1) is 0 Å². The van der Waals surface area contributed by atoms with Crippen LogP contribution < -0.4 is 0 Å². The SMILES string of the molecule is CCOB(OCC)OCC.[NaH]. The van der Waals surface area contributed by atoms with Gasteiger partial charge < -0.3 is 14.0 Å². The molecule has 0 N–H and O–H groups in total. The second-order valence-electron chi connectivity index (χ2n) is 1.65. The Hall–Kier alpha value is 0.945. The van der Waals surface area contributed by atoms with E-state index < -0.39 is 7.32 Å². The molecule has 0 amide bonds. The van der Waals surface area contributed by atoms with Crippen molar-refractivity contribution in [2.24, 2.45) is 0 Å². The van der Waals surface area contributed by atoms with Gasteiger partial charge in [0.05, 0.1) is 0 Å². The van der Waals surface area contributed by atoms with Gasteiger partial charge in [-0.15, -0.1) is 0 Å². The molecule has 0 aliphatic heterocycles. The van der Waals surface area contributed by atoms with Gasteiger partial charge >= 0.3 is 36.9 Å². The summed E-state index contributed by atoms with van der Waals surface area (Å²) in [7, 11) is -0.472. The molecule has 0 spiro atoms. The molecule has 0 aromatic carbocycles. The summed E-state index contributed by atoms with van der Waals surface area (Å²) in [6.07, 6.45) is 0. The quantitative estimate of drug-likeness (QED) is 0.541. The van der Waals surface area contributed by atoms with Crippen molar-refractivity contribution >= 4 is 36.9 Å². The molecule has 62 valence electrons. The number of rotatable bonds is 6. The van der Waals surface area contributed by atoms with E-state index in [1.807, 2.05) is 20.8 Å². The molecule has 0 aliphatic rings. The van der Waals surface area contributed by atoms with Crippen LogP contribution in [0.4, 0.5) is 0 Å². The van der Waals surface area contributed by atoms with Crippen LogP contribution in [0.25, 0.3) is 0 Å². The summed E-state index contributed by atoms with van der Waals surface area (Å²) in [5.74, 6) is 0. The number of hydrogen-bond donors (Lipinski definition) is 0. The molecule has 0 heterocycles. The summed E-state index contributed by atoms with van der Waals surface area (Å²) in [4.78, 5) is 0. The van der Waals surface area contributed by atoms with Crippen molar-refractivity contribution in [2.75, 3.05) is 19.8 Å². The Kier molecular flexibility index (Phi) is 14.4. The zero-order valence-corrected chi connectivity index (χ0v) is 6.92. The fourth-order valence-electron chi connectivity index (χ4n) is 0.553. The Balaban J connectivity index is 0. The van der Waals surface area contributed by atoms with Crippen molar-refractivity contribution in [3.8, 4) is 0 Å². The van der Waals surface area contributed by atoms with E-state index in [1.165, 1.54) is 0 Å². The van der Waals surface area contributed by atoms with Crippen LogP contribution in [-0.2, 0) is 14.0 Å². The molecule has 0 atom stereocenters. The Morgan fingerprint density at radius 2 is 1.09 bits per heavy atom. The van der Waals surface area contributed by atoms with Gasteiger partial charge in [0.2, 0.25) is 0 Å². The van der Waals surface area contributed by atoms with Crippen LogP contribution in [0.2, 0.25) is 0 Å². The minimum atomic E-state index is -0.472. The molecule has 0 saturated carbocycles. The van der Waals surface area contributed by atoms with Crippen LogP contribution >= 0.6 is 0 Å². The molecule has 3 nitrogen and oxygen atoms in total. The van der Waals surface area contributed by atoms with Gasteiger partial charge in [0.1, 0.15) is 0 Å². The zero-order valence-electron chi connectivity index (χ0n) is 6.92. The minimum absolute atomic E-state index is 0.